The standard InChI is InChI=1S/C34H36O13S2/c1-8-44-34(35)23-17-27(40-2)31(28(18-23)41-3)24-19-29(42-4)30(33(32(24)43-5)47-49(7,38)39)22-14-15-25(26(16-22)46-48(6,36)37)45-20-21-12-10-9-11-13-21/h9-19H,8,20H2,1-7H3. The highest BCUT2D eigenvalue weighted by Crippen LogP contribution is 2.54. The Morgan fingerprint density at radius 3 is 1.76 bits per heavy atom. The maximum atomic E-state index is 12.7. The first-order valence-electron chi connectivity index (χ1n) is 14.6. The molecule has 15 heteroatoms. The van der Waals surface area contributed by atoms with Gasteiger partial charge in [0.1, 0.15) is 23.9 Å². The Bertz CT molecular complexity index is 2020. The van der Waals surface area contributed by atoms with Crippen molar-refractivity contribution in [2.75, 3.05) is 47.6 Å². The highest BCUT2D eigenvalue weighted by molar-refractivity contribution is 7.86. The molecule has 0 spiro atoms. The van der Waals surface area contributed by atoms with Crippen LogP contribution < -0.4 is 32.1 Å². The lowest BCUT2D eigenvalue weighted by molar-refractivity contribution is 0.0525. The van der Waals surface area contributed by atoms with Crippen LogP contribution in [0, 0.1) is 0 Å². The Kier molecular flexibility index (Phi) is 11.5. The maximum Gasteiger partial charge on any atom is 0.338 e. The highest BCUT2D eigenvalue weighted by atomic mass is 32.2. The summed E-state index contributed by atoms with van der Waals surface area (Å²) < 4.78 is 94.7. The molecule has 4 aromatic carbocycles. The minimum atomic E-state index is -4.22. The van der Waals surface area contributed by atoms with Crippen LogP contribution in [0.2, 0.25) is 0 Å². The first-order chi connectivity index (χ1) is 23.2. The van der Waals surface area contributed by atoms with Crippen LogP contribution in [0.4, 0.5) is 0 Å². The Morgan fingerprint density at radius 2 is 1.22 bits per heavy atom. The van der Waals surface area contributed by atoms with Crippen LogP contribution in [0.3, 0.4) is 0 Å². The molecule has 0 saturated carbocycles. The summed E-state index contributed by atoms with van der Waals surface area (Å²) >= 11 is 0. The predicted molar refractivity (Wildman–Crippen MR) is 181 cm³/mol. The van der Waals surface area contributed by atoms with E-state index < -0.39 is 26.2 Å². The smallest absolute Gasteiger partial charge is 0.338 e. The van der Waals surface area contributed by atoms with Gasteiger partial charge in [0.2, 0.25) is 0 Å². The van der Waals surface area contributed by atoms with Crippen LogP contribution in [0.1, 0.15) is 22.8 Å². The third-order valence-corrected chi connectivity index (χ3v) is 7.81. The van der Waals surface area contributed by atoms with Gasteiger partial charge in [0.25, 0.3) is 0 Å². The molecule has 0 radical (unpaired) electrons. The topological polar surface area (TPSA) is 159 Å². The zero-order chi connectivity index (χ0) is 35.9. The molecule has 0 amide bonds. The molecule has 0 fully saturated rings. The van der Waals surface area contributed by atoms with Crippen LogP contribution in [0.5, 0.6) is 40.2 Å². The van der Waals surface area contributed by atoms with Gasteiger partial charge in [-0.05, 0) is 48.4 Å². The quantitative estimate of drug-likeness (QED) is 0.112. The van der Waals surface area contributed by atoms with Gasteiger partial charge in [0.15, 0.2) is 23.0 Å². The number of carbonyl (C=O) groups excluding carboxylic acids is 1. The van der Waals surface area contributed by atoms with Gasteiger partial charge in [-0.2, -0.15) is 16.8 Å². The van der Waals surface area contributed by atoms with Gasteiger partial charge in [-0.15, -0.1) is 0 Å². The third-order valence-electron chi connectivity index (χ3n) is 6.86. The summed E-state index contributed by atoms with van der Waals surface area (Å²) in [5.41, 5.74) is 1.74. The number of esters is 1. The van der Waals surface area contributed by atoms with Gasteiger partial charge in [0.05, 0.1) is 64.2 Å². The molecule has 0 heterocycles. The summed E-state index contributed by atoms with van der Waals surface area (Å²) in [5, 5.41) is 0. The number of methoxy groups -OCH3 is 4. The Balaban J connectivity index is 2.01. The lowest BCUT2D eigenvalue weighted by atomic mass is 9.94. The Labute approximate surface area is 285 Å². The lowest BCUT2D eigenvalue weighted by Gasteiger charge is -2.23. The van der Waals surface area contributed by atoms with Gasteiger partial charge >= 0.3 is 26.2 Å². The van der Waals surface area contributed by atoms with Crippen molar-refractivity contribution in [1.29, 1.82) is 0 Å². The van der Waals surface area contributed by atoms with Crippen LogP contribution in [-0.2, 0) is 31.6 Å². The van der Waals surface area contributed by atoms with Crippen LogP contribution in [-0.4, -0.2) is 70.4 Å². The first-order valence-corrected chi connectivity index (χ1v) is 18.2. The van der Waals surface area contributed by atoms with E-state index in [-0.39, 0.29) is 81.3 Å². The third kappa shape index (κ3) is 8.86. The zero-order valence-corrected chi connectivity index (χ0v) is 29.5. The van der Waals surface area contributed by atoms with Crippen LogP contribution in [0.15, 0.2) is 66.7 Å². The molecule has 262 valence electrons. The van der Waals surface area contributed by atoms with Crippen molar-refractivity contribution in [1.82, 2.24) is 0 Å². The molecule has 49 heavy (non-hydrogen) atoms. The van der Waals surface area contributed by atoms with Crippen molar-refractivity contribution < 1.29 is 58.4 Å². The largest absolute Gasteiger partial charge is 0.496 e. The lowest BCUT2D eigenvalue weighted by Crippen LogP contribution is -2.10. The van der Waals surface area contributed by atoms with E-state index >= 15 is 0 Å². The second kappa shape index (κ2) is 15.4. The molecule has 0 aromatic heterocycles. The molecule has 13 nitrogen and oxygen atoms in total. The molecule has 0 aliphatic rings. The molecule has 4 rings (SSSR count). The SMILES string of the molecule is CCOC(=O)c1cc(OC)c(-c2cc(OC)c(-c3ccc(OCc4ccccc4)c(OS(C)(=O)=O)c3)c(OS(C)(=O)=O)c2OC)c(OC)c1. The number of hydrogen-bond donors (Lipinski definition) is 0. The van der Waals surface area contributed by atoms with E-state index in [9.17, 15) is 21.6 Å². The number of benzene rings is 4. The second-order valence-corrected chi connectivity index (χ2v) is 13.5. The van der Waals surface area contributed by atoms with Crippen molar-refractivity contribution in [2.45, 2.75) is 13.5 Å². The normalized spacial score (nSPS) is 11.3. The van der Waals surface area contributed by atoms with Crippen LogP contribution in [0.25, 0.3) is 22.3 Å². The van der Waals surface area contributed by atoms with Crippen molar-refractivity contribution in [2.24, 2.45) is 0 Å². The van der Waals surface area contributed by atoms with Gasteiger partial charge in [-0.3, -0.25) is 0 Å². The fraction of sp³-hybridized carbons (Fsp3) is 0.265. The van der Waals surface area contributed by atoms with Gasteiger partial charge in [-0.1, -0.05) is 36.4 Å². The fourth-order valence-electron chi connectivity index (χ4n) is 4.93. The van der Waals surface area contributed by atoms with E-state index in [2.05, 4.69) is 0 Å². The number of carbonyl (C=O) groups is 1. The summed E-state index contributed by atoms with van der Waals surface area (Å²) in [6.07, 6.45) is 1.73. The minimum absolute atomic E-state index is 0.0718. The number of rotatable bonds is 15. The molecule has 0 N–H and O–H groups in total. The molecule has 0 bridgehead atoms. The van der Waals surface area contributed by atoms with Crippen LogP contribution >= 0.6 is 0 Å². The Morgan fingerprint density at radius 1 is 0.633 bits per heavy atom. The summed E-state index contributed by atoms with van der Waals surface area (Å²) in [6.45, 7) is 1.92. The molecule has 0 aliphatic carbocycles. The van der Waals surface area contributed by atoms with E-state index in [4.69, 9.17) is 36.8 Å². The first kappa shape index (κ1) is 36.7. The highest BCUT2D eigenvalue weighted by Gasteiger charge is 2.30. The molecule has 0 unspecified atom stereocenters. The van der Waals surface area contributed by atoms with Gasteiger partial charge < -0.3 is 36.8 Å². The summed E-state index contributed by atoms with van der Waals surface area (Å²) in [4.78, 5) is 12.6. The maximum absolute atomic E-state index is 12.7. The van der Waals surface area contributed by atoms with Gasteiger partial charge in [0, 0.05) is 5.56 Å². The molecule has 0 aliphatic heterocycles. The van der Waals surface area contributed by atoms with E-state index in [1.807, 2.05) is 30.3 Å². The summed E-state index contributed by atoms with van der Waals surface area (Å²) in [5.74, 6) is -0.690. The molecule has 0 saturated heterocycles. The molecule has 4 aromatic rings. The van der Waals surface area contributed by atoms with E-state index in [0.717, 1.165) is 18.1 Å². The molecular weight excluding hydrogens is 680 g/mol. The van der Waals surface area contributed by atoms with Crippen molar-refractivity contribution in [3.05, 3.63) is 77.9 Å². The summed E-state index contributed by atoms with van der Waals surface area (Å²) in [7, 11) is -2.85. The fourth-order valence-corrected chi connectivity index (χ4v) is 5.84. The van der Waals surface area contributed by atoms with Crippen molar-refractivity contribution in [3.8, 4) is 62.5 Å². The average molecular weight is 717 g/mol. The number of hydrogen-bond acceptors (Lipinski definition) is 13. The monoisotopic (exact) mass is 716 g/mol. The zero-order valence-electron chi connectivity index (χ0n) is 27.9. The predicted octanol–water partition coefficient (Wildman–Crippen LogP) is 5.49. The van der Waals surface area contributed by atoms with Crippen molar-refractivity contribution in [3.63, 3.8) is 0 Å². The van der Waals surface area contributed by atoms with E-state index in [1.54, 1.807) is 13.0 Å². The molecular formula is C34H36O13S2. The van der Waals surface area contributed by atoms with E-state index in [0.29, 0.717) is 0 Å². The second-order valence-electron chi connectivity index (χ2n) is 10.4. The average Bonchev–Trinajstić information content (AvgIpc) is 3.05. The molecule has 0 atom stereocenters. The van der Waals surface area contributed by atoms with E-state index in [1.165, 1.54) is 58.8 Å². The van der Waals surface area contributed by atoms with Gasteiger partial charge in [-0.25, -0.2) is 4.79 Å². The minimum Gasteiger partial charge on any atom is -0.496 e. The van der Waals surface area contributed by atoms with Crippen molar-refractivity contribution >= 4 is 26.2 Å². The summed E-state index contributed by atoms with van der Waals surface area (Å²) in [6, 6.07) is 18.0. The Hall–Kier alpha value is -5.15. The number of ether oxygens (including phenoxy) is 6.